The molecular formula is C13H24N2O. The van der Waals surface area contributed by atoms with Gasteiger partial charge in [-0.05, 0) is 46.2 Å². The van der Waals surface area contributed by atoms with Gasteiger partial charge in [-0.1, -0.05) is 0 Å². The first-order chi connectivity index (χ1) is 7.25. The number of aliphatic hydroxyl groups excluding tert-OH is 1. The molecular weight excluding hydrogens is 200 g/mol. The lowest BCUT2D eigenvalue weighted by atomic mass is 9.98. The molecule has 1 unspecified atom stereocenters. The minimum Gasteiger partial charge on any atom is -0.392 e. The predicted octanol–water partition coefficient (Wildman–Crippen LogP) is 1.89. The smallest absolute Gasteiger partial charge is 0.0688 e. The van der Waals surface area contributed by atoms with Crippen molar-refractivity contribution in [2.24, 2.45) is 7.05 Å². The van der Waals surface area contributed by atoms with Gasteiger partial charge in [-0.3, -0.25) is 0 Å². The molecule has 0 saturated heterocycles. The average Bonchev–Trinajstić information content (AvgIpc) is 2.43. The van der Waals surface area contributed by atoms with Crippen LogP contribution in [0.25, 0.3) is 0 Å². The van der Waals surface area contributed by atoms with E-state index in [4.69, 9.17) is 0 Å². The topological polar surface area (TPSA) is 37.2 Å². The zero-order valence-electron chi connectivity index (χ0n) is 11.3. The summed E-state index contributed by atoms with van der Waals surface area (Å²) in [5.41, 5.74) is 3.60. The standard InChI is InChI=1S/C13H24N2O/c1-9-7-12(10(2)15(9)6)8-14-13(4,5)11(3)16/h7,11,14,16H,8H2,1-6H3. The number of nitrogens with zero attached hydrogens (tertiary/aromatic N) is 1. The summed E-state index contributed by atoms with van der Waals surface area (Å²) in [5, 5.41) is 13.0. The first-order valence-electron chi connectivity index (χ1n) is 5.80. The van der Waals surface area contributed by atoms with Crippen molar-refractivity contribution in [1.29, 1.82) is 0 Å². The molecule has 0 fully saturated rings. The maximum Gasteiger partial charge on any atom is 0.0688 e. The van der Waals surface area contributed by atoms with Gasteiger partial charge in [0.1, 0.15) is 0 Å². The Morgan fingerprint density at radius 1 is 1.44 bits per heavy atom. The summed E-state index contributed by atoms with van der Waals surface area (Å²) >= 11 is 0. The van der Waals surface area contributed by atoms with E-state index >= 15 is 0 Å². The van der Waals surface area contributed by atoms with Crippen LogP contribution < -0.4 is 5.32 Å². The van der Waals surface area contributed by atoms with Gasteiger partial charge in [0.15, 0.2) is 0 Å². The highest BCUT2D eigenvalue weighted by molar-refractivity contribution is 5.26. The van der Waals surface area contributed by atoms with Crippen LogP contribution in [0.2, 0.25) is 0 Å². The van der Waals surface area contributed by atoms with Crippen molar-refractivity contribution in [3.05, 3.63) is 23.0 Å². The van der Waals surface area contributed by atoms with Gasteiger partial charge in [-0.25, -0.2) is 0 Å². The quantitative estimate of drug-likeness (QED) is 0.819. The molecule has 92 valence electrons. The number of hydrogen-bond acceptors (Lipinski definition) is 2. The van der Waals surface area contributed by atoms with Crippen LogP contribution in [0.15, 0.2) is 6.07 Å². The van der Waals surface area contributed by atoms with E-state index in [0.717, 1.165) is 6.54 Å². The average molecular weight is 224 g/mol. The summed E-state index contributed by atoms with van der Waals surface area (Å²) in [6, 6.07) is 2.19. The zero-order chi connectivity index (χ0) is 12.5. The Hall–Kier alpha value is -0.800. The molecule has 0 aliphatic rings. The number of hydrogen-bond donors (Lipinski definition) is 2. The molecule has 3 heteroatoms. The maximum absolute atomic E-state index is 9.62. The summed E-state index contributed by atoms with van der Waals surface area (Å²) < 4.78 is 2.19. The van der Waals surface area contributed by atoms with Crippen LogP contribution in [0.1, 0.15) is 37.7 Å². The molecule has 3 nitrogen and oxygen atoms in total. The fourth-order valence-corrected chi connectivity index (χ4v) is 1.58. The van der Waals surface area contributed by atoms with Crippen LogP contribution in [0, 0.1) is 13.8 Å². The molecule has 1 rings (SSSR count). The Morgan fingerprint density at radius 2 is 2.00 bits per heavy atom. The minimum absolute atomic E-state index is 0.254. The maximum atomic E-state index is 9.62. The third-order valence-corrected chi connectivity index (χ3v) is 3.66. The molecule has 1 atom stereocenters. The second-order valence-electron chi connectivity index (χ2n) is 5.21. The normalized spacial score (nSPS) is 14.2. The van der Waals surface area contributed by atoms with Gasteiger partial charge >= 0.3 is 0 Å². The second kappa shape index (κ2) is 4.60. The largest absolute Gasteiger partial charge is 0.392 e. The lowest BCUT2D eigenvalue weighted by Gasteiger charge is -2.29. The monoisotopic (exact) mass is 224 g/mol. The number of aryl methyl sites for hydroxylation is 1. The highest BCUT2D eigenvalue weighted by Crippen LogP contribution is 2.15. The molecule has 0 amide bonds. The van der Waals surface area contributed by atoms with Gasteiger partial charge in [-0.15, -0.1) is 0 Å². The fraction of sp³-hybridized carbons (Fsp3) is 0.692. The number of nitrogens with one attached hydrogen (secondary N) is 1. The Labute approximate surface area is 98.5 Å². The number of aromatic nitrogens is 1. The van der Waals surface area contributed by atoms with Crippen molar-refractivity contribution >= 4 is 0 Å². The van der Waals surface area contributed by atoms with Crippen molar-refractivity contribution in [2.45, 2.75) is 52.8 Å². The van der Waals surface area contributed by atoms with E-state index < -0.39 is 0 Å². The van der Waals surface area contributed by atoms with Gasteiger partial charge < -0.3 is 15.0 Å². The lowest BCUT2D eigenvalue weighted by molar-refractivity contribution is 0.0956. The second-order valence-corrected chi connectivity index (χ2v) is 5.21. The molecule has 1 aromatic rings. The summed E-state index contributed by atoms with van der Waals surface area (Å²) in [4.78, 5) is 0. The van der Waals surface area contributed by atoms with E-state index in [1.54, 1.807) is 0 Å². The van der Waals surface area contributed by atoms with Crippen molar-refractivity contribution in [2.75, 3.05) is 0 Å². The van der Waals surface area contributed by atoms with E-state index in [0.29, 0.717) is 0 Å². The zero-order valence-corrected chi connectivity index (χ0v) is 11.3. The van der Waals surface area contributed by atoms with Crippen LogP contribution in [0.4, 0.5) is 0 Å². The third-order valence-electron chi connectivity index (χ3n) is 3.66. The molecule has 0 aromatic carbocycles. The Morgan fingerprint density at radius 3 is 2.38 bits per heavy atom. The lowest BCUT2D eigenvalue weighted by Crippen LogP contribution is -2.47. The Kier molecular flexibility index (Phi) is 3.81. The molecule has 0 saturated carbocycles. The highest BCUT2D eigenvalue weighted by Gasteiger charge is 2.23. The van der Waals surface area contributed by atoms with Crippen LogP contribution in [-0.4, -0.2) is 21.3 Å². The molecule has 16 heavy (non-hydrogen) atoms. The van der Waals surface area contributed by atoms with E-state index in [-0.39, 0.29) is 11.6 Å². The van der Waals surface area contributed by atoms with Crippen LogP contribution >= 0.6 is 0 Å². The van der Waals surface area contributed by atoms with Gasteiger partial charge in [0, 0.05) is 30.5 Å². The summed E-state index contributed by atoms with van der Waals surface area (Å²) in [7, 11) is 2.08. The molecule has 0 spiro atoms. The molecule has 0 aliphatic carbocycles. The van der Waals surface area contributed by atoms with Gasteiger partial charge in [0.2, 0.25) is 0 Å². The van der Waals surface area contributed by atoms with Crippen LogP contribution in [0.5, 0.6) is 0 Å². The van der Waals surface area contributed by atoms with Crippen molar-refractivity contribution < 1.29 is 5.11 Å². The van der Waals surface area contributed by atoms with E-state index in [1.165, 1.54) is 17.0 Å². The van der Waals surface area contributed by atoms with Gasteiger partial charge in [0.25, 0.3) is 0 Å². The first kappa shape index (κ1) is 13.3. The first-order valence-corrected chi connectivity index (χ1v) is 5.80. The molecule has 2 N–H and O–H groups in total. The Bertz CT molecular complexity index is 364. The third kappa shape index (κ3) is 2.66. The Balaban J connectivity index is 2.72. The SMILES string of the molecule is Cc1cc(CNC(C)(C)C(C)O)c(C)n1C. The van der Waals surface area contributed by atoms with Crippen LogP contribution in [0.3, 0.4) is 0 Å². The van der Waals surface area contributed by atoms with Crippen molar-refractivity contribution in [3.63, 3.8) is 0 Å². The van der Waals surface area contributed by atoms with Crippen LogP contribution in [-0.2, 0) is 13.6 Å². The number of aliphatic hydroxyl groups is 1. The van der Waals surface area contributed by atoms with Gasteiger partial charge in [0.05, 0.1) is 6.10 Å². The summed E-state index contributed by atoms with van der Waals surface area (Å²) in [5.74, 6) is 0. The molecule has 1 heterocycles. The molecule has 1 aromatic heterocycles. The molecule has 0 aliphatic heterocycles. The fourth-order valence-electron chi connectivity index (χ4n) is 1.58. The van der Waals surface area contributed by atoms with Gasteiger partial charge in [-0.2, -0.15) is 0 Å². The summed E-state index contributed by atoms with van der Waals surface area (Å²) in [6.45, 7) is 10.9. The molecule has 0 radical (unpaired) electrons. The van der Waals surface area contributed by atoms with E-state index in [2.05, 4.69) is 36.8 Å². The van der Waals surface area contributed by atoms with Crippen molar-refractivity contribution in [1.82, 2.24) is 9.88 Å². The van der Waals surface area contributed by atoms with Crippen molar-refractivity contribution in [3.8, 4) is 0 Å². The predicted molar refractivity (Wildman–Crippen MR) is 67.5 cm³/mol. The number of rotatable bonds is 4. The minimum atomic E-state index is -0.363. The molecule has 0 bridgehead atoms. The van der Waals surface area contributed by atoms with E-state index in [9.17, 15) is 5.11 Å². The summed E-state index contributed by atoms with van der Waals surface area (Å²) in [6.07, 6.45) is -0.363. The van der Waals surface area contributed by atoms with E-state index in [1.807, 2.05) is 20.8 Å². The highest BCUT2D eigenvalue weighted by atomic mass is 16.3.